The van der Waals surface area contributed by atoms with Crippen LogP contribution in [0.2, 0.25) is 5.02 Å². The van der Waals surface area contributed by atoms with Crippen molar-refractivity contribution in [3.63, 3.8) is 0 Å². The van der Waals surface area contributed by atoms with E-state index >= 15 is 0 Å². The van der Waals surface area contributed by atoms with Crippen LogP contribution in [0.3, 0.4) is 0 Å². The number of nitrogens with one attached hydrogen (secondary N) is 2. The van der Waals surface area contributed by atoms with Gasteiger partial charge in [-0.15, -0.1) is 0 Å². The number of methoxy groups -OCH3 is 1. The molecule has 2 aromatic rings. The minimum Gasteiger partial charge on any atom is -0.481 e. The van der Waals surface area contributed by atoms with Crippen LogP contribution in [0, 0.1) is 0 Å². The second-order valence-corrected chi connectivity index (χ2v) is 5.24. The summed E-state index contributed by atoms with van der Waals surface area (Å²) in [5, 5.41) is 7.16. The molecule has 1 aliphatic rings. The van der Waals surface area contributed by atoms with Crippen LogP contribution >= 0.6 is 11.6 Å². The van der Waals surface area contributed by atoms with Crippen molar-refractivity contribution in [1.29, 1.82) is 0 Å². The van der Waals surface area contributed by atoms with Crippen LogP contribution in [0.5, 0.6) is 5.88 Å². The largest absolute Gasteiger partial charge is 0.481 e. The van der Waals surface area contributed by atoms with Crippen LogP contribution in [-0.2, 0) is 12.8 Å². The number of anilines is 2. The third-order valence-electron chi connectivity index (χ3n) is 3.46. The van der Waals surface area contributed by atoms with Crippen LogP contribution < -0.4 is 15.4 Å². The van der Waals surface area contributed by atoms with Crippen molar-refractivity contribution < 1.29 is 4.74 Å². The minimum absolute atomic E-state index is 0.514. The first-order valence-corrected chi connectivity index (χ1v) is 7.32. The minimum atomic E-state index is 0.514. The van der Waals surface area contributed by atoms with Gasteiger partial charge in [0.2, 0.25) is 11.8 Å². The van der Waals surface area contributed by atoms with Crippen molar-refractivity contribution in [2.45, 2.75) is 12.8 Å². The Morgan fingerprint density at radius 2 is 2.00 bits per heavy atom. The quantitative estimate of drug-likeness (QED) is 0.912. The number of benzene rings is 1. The van der Waals surface area contributed by atoms with E-state index in [9.17, 15) is 0 Å². The zero-order valence-corrected chi connectivity index (χ0v) is 12.6. The molecule has 1 aromatic carbocycles. The normalized spacial score (nSPS) is 14.2. The highest BCUT2D eigenvalue weighted by Crippen LogP contribution is 2.27. The highest BCUT2D eigenvalue weighted by atomic mass is 35.5. The van der Waals surface area contributed by atoms with Crippen LogP contribution in [0.4, 0.5) is 11.6 Å². The standard InChI is InChI=1S/C15H17ClN4O/c1-21-14-10-6-8-17-9-7-12(10)18-15(20-14)19-13-5-3-2-4-11(13)16/h2-5,17H,6-9H2,1H3,(H,18,19,20). The molecule has 0 atom stereocenters. The number of halogens is 1. The molecule has 110 valence electrons. The summed E-state index contributed by atoms with van der Waals surface area (Å²) in [4.78, 5) is 9.07. The fourth-order valence-electron chi connectivity index (χ4n) is 2.42. The van der Waals surface area contributed by atoms with E-state index in [0.717, 1.165) is 42.9 Å². The molecule has 6 heteroatoms. The zero-order chi connectivity index (χ0) is 14.7. The average Bonchev–Trinajstić information content (AvgIpc) is 2.74. The number of hydrogen-bond donors (Lipinski definition) is 2. The van der Waals surface area contributed by atoms with Crippen molar-refractivity contribution >= 4 is 23.2 Å². The van der Waals surface area contributed by atoms with Crippen molar-refractivity contribution in [3.05, 3.63) is 40.5 Å². The van der Waals surface area contributed by atoms with Gasteiger partial charge in [-0.2, -0.15) is 4.98 Å². The maximum Gasteiger partial charge on any atom is 0.230 e. The van der Waals surface area contributed by atoms with Crippen LogP contribution in [0.1, 0.15) is 11.3 Å². The molecule has 0 amide bonds. The molecule has 0 saturated carbocycles. The van der Waals surface area contributed by atoms with Gasteiger partial charge >= 0.3 is 0 Å². The third kappa shape index (κ3) is 3.09. The predicted octanol–water partition coefficient (Wildman–Crippen LogP) is 2.57. The molecule has 0 fully saturated rings. The van der Waals surface area contributed by atoms with Gasteiger partial charge < -0.3 is 15.4 Å². The summed E-state index contributed by atoms with van der Waals surface area (Å²) < 4.78 is 5.42. The molecule has 0 bridgehead atoms. The first-order valence-electron chi connectivity index (χ1n) is 6.94. The molecule has 2 heterocycles. The topological polar surface area (TPSA) is 59.1 Å². The van der Waals surface area contributed by atoms with E-state index in [4.69, 9.17) is 16.3 Å². The van der Waals surface area contributed by atoms with E-state index in [1.54, 1.807) is 7.11 Å². The molecule has 5 nitrogen and oxygen atoms in total. The van der Waals surface area contributed by atoms with Crippen molar-refractivity contribution in [2.24, 2.45) is 0 Å². The lowest BCUT2D eigenvalue weighted by molar-refractivity contribution is 0.391. The molecule has 0 aliphatic carbocycles. The Morgan fingerprint density at radius 3 is 2.81 bits per heavy atom. The molecule has 0 spiro atoms. The molecule has 0 saturated heterocycles. The summed E-state index contributed by atoms with van der Waals surface area (Å²) >= 11 is 6.16. The van der Waals surface area contributed by atoms with Crippen molar-refractivity contribution in [1.82, 2.24) is 15.3 Å². The van der Waals surface area contributed by atoms with Gasteiger partial charge in [0.1, 0.15) is 0 Å². The molecule has 1 aliphatic heterocycles. The van der Waals surface area contributed by atoms with Gasteiger partial charge in [0, 0.05) is 18.5 Å². The summed E-state index contributed by atoms with van der Waals surface area (Å²) in [5.74, 6) is 1.15. The lowest BCUT2D eigenvalue weighted by Gasteiger charge is -2.13. The summed E-state index contributed by atoms with van der Waals surface area (Å²) in [5.41, 5.74) is 2.90. The first-order chi connectivity index (χ1) is 10.3. The molecule has 1 aromatic heterocycles. The van der Waals surface area contributed by atoms with Crippen LogP contribution in [-0.4, -0.2) is 30.2 Å². The van der Waals surface area contributed by atoms with Gasteiger partial charge in [-0.3, -0.25) is 0 Å². The molecule has 0 unspecified atom stereocenters. The van der Waals surface area contributed by atoms with Gasteiger partial charge in [-0.1, -0.05) is 23.7 Å². The smallest absolute Gasteiger partial charge is 0.230 e. The second kappa shape index (κ2) is 6.28. The van der Waals surface area contributed by atoms with Crippen molar-refractivity contribution in [2.75, 3.05) is 25.5 Å². The monoisotopic (exact) mass is 304 g/mol. The highest BCUT2D eigenvalue weighted by molar-refractivity contribution is 6.33. The predicted molar refractivity (Wildman–Crippen MR) is 83.6 cm³/mol. The second-order valence-electron chi connectivity index (χ2n) is 4.84. The number of para-hydroxylation sites is 1. The Bertz CT molecular complexity index is 648. The Labute approximate surface area is 128 Å². The van der Waals surface area contributed by atoms with E-state index in [1.165, 1.54) is 0 Å². The molecular weight excluding hydrogens is 288 g/mol. The maximum atomic E-state index is 6.16. The summed E-state index contributed by atoms with van der Waals surface area (Å²) in [6.07, 6.45) is 1.75. The van der Waals surface area contributed by atoms with Crippen LogP contribution in [0.25, 0.3) is 0 Å². The van der Waals surface area contributed by atoms with E-state index in [0.29, 0.717) is 16.9 Å². The zero-order valence-electron chi connectivity index (χ0n) is 11.8. The number of ether oxygens (including phenoxy) is 1. The summed E-state index contributed by atoms with van der Waals surface area (Å²) in [7, 11) is 1.64. The van der Waals surface area contributed by atoms with Crippen molar-refractivity contribution in [3.8, 4) is 5.88 Å². The van der Waals surface area contributed by atoms with Gasteiger partial charge in [0.15, 0.2) is 0 Å². The molecule has 2 N–H and O–H groups in total. The van der Waals surface area contributed by atoms with Crippen LogP contribution in [0.15, 0.2) is 24.3 Å². The number of fused-ring (bicyclic) bond motifs is 1. The number of nitrogens with zero attached hydrogens (tertiary/aromatic N) is 2. The maximum absolute atomic E-state index is 6.16. The first kappa shape index (κ1) is 14.1. The Hall–Kier alpha value is -1.85. The lowest BCUT2D eigenvalue weighted by Crippen LogP contribution is -2.16. The van der Waals surface area contributed by atoms with Gasteiger partial charge in [-0.25, -0.2) is 4.98 Å². The van der Waals surface area contributed by atoms with E-state index in [2.05, 4.69) is 20.6 Å². The number of rotatable bonds is 3. The van der Waals surface area contributed by atoms with E-state index in [1.807, 2.05) is 24.3 Å². The molecular formula is C15H17ClN4O. The van der Waals surface area contributed by atoms with E-state index < -0.39 is 0 Å². The molecule has 3 rings (SSSR count). The number of hydrogen-bond acceptors (Lipinski definition) is 5. The number of aromatic nitrogens is 2. The SMILES string of the molecule is COc1nc(Nc2ccccc2Cl)nc2c1CCNCC2. The fourth-order valence-corrected chi connectivity index (χ4v) is 2.60. The average molecular weight is 305 g/mol. The van der Waals surface area contributed by atoms with Gasteiger partial charge in [0.25, 0.3) is 0 Å². The molecule has 21 heavy (non-hydrogen) atoms. The fraction of sp³-hybridized carbons (Fsp3) is 0.333. The summed E-state index contributed by atoms with van der Waals surface area (Å²) in [6.45, 7) is 1.84. The van der Waals surface area contributed by atoms with Gasteiger partial charge in [-0.05, 0) is 25.1 Å². The highest BCUT2D eigenvalue weighted by Gasteiger charge is 2.17. The third-order valence-corrected chi connectivity index (χ3v) is 3.79. The van der Waals surface area contributed by atoms with E-state index in [-0.39, 0.29) is 0 Å². The molecule has 0 radical (unpaired) electrons. The Kier molecular flexibility index (Phi) is 4.22. The Balaban J connectivity index is 1.96. The van der Waals surface area contributed by atoms with Gasteiger partial charge in [0.05, 0.1) is 23.5 Å². The summed E-state index contributed by atoms with van der Waals surface area (Å²) in [6, 6.07) is 7.52. The Morgan fingerprint density at radius 1 is 1.19 bits per heavy atom. The lowest BCUT2D eigenvalue weighted by atomic mass is 10.1.